The van der Waals surface area contributed by atoms with E-state index in [2.05, 4.69) is 6.92 Å². The van der Waals surface area contributed by atoms with E-state index in [1.54, 1.807) is 0 Å². The first-order valence-electron chi connectivity index (χ1n) is 4.53. The predicted molar refractivity (Wildman–Crippen MR) is 49.3 cm³/mol. The average Bonchev–Trinajstić information content (AvgIpc) is 1.96. The largest absolute Gasteiger partial charge is 0.480 e. The number of hydrogen-bond donors (Lipinski definition) is 1. The molecule has 0 aliphatic rings. The van der Waals surface area contributed by atoms with Crippen molar-refractivity contribution in [3.05, 3.63) is 0 Å². The fourth-order valence-corrected chi connectivity index (χ4v) is 1.05. The molecular weight excluding hydrogens is 154 g/mol. The van der Waals surface area contributed by atoms with Crippen LogP contribution in [0.5, 0.6) is 0 Å². The fourth-order valence-electron chi connectivity index (χ4n) is 1.05. The van der Waals surface area contributed by atoms with Crippen molar-refractivity contribution in [2.24, 2.45) is 0 Å². The smallest absolute Gasteiger partial charge is 0.317 e. The van der Waals surface area contributed by atoms with Crippen LogP contribution < -0.4 is 0 Å². The third-order valence-electron chi connectivity index (χ3n) is 1.87. The fraction of sp³-hybridized carbons (Fsp3) is 0.889. The topological polar surface area (TPSA) is 40.5 Å². The van der Waals surface area contributed by atoms with Crippen molar-refractivity contribution in [1.29, 1.82) is 0 Å². The first-order valence-corrected chi connectivity index (χ1v) is 4.53. The van der Waals surface area contributed by atoms with Crippen LogP contribution in [-0.4, -0.2) is 35.1 Å². The van der Waals surface area contributed by atoms with E-state index in [0.29, 0.717) is 6.04 Å². The molecule has 0 spiro atoms. The number of carboxylic acid groups (broad SMARTS) is 1. The van der Waals surface area contributed by atoms with Gasteiger partial charge in [-0.3, -0.25) is 9.69 Å². The van der Waals surface area contributed by atoms with Crippen molar-refractivity contribution in [3.63, 3.8) is 0 Å². The molecule has 0 aromatic carbocycles. The maximum Gasteiger partial charge on any atom is 0.317 e. The van der Waals surface area contributed by atoms with Crippen LogP contribution in [0.15, 0.2) is 0 Å². The Kier molecular flexibility index (Phi) is 5.72. The minimum atomic E-state index is -0.736. The first-order chi connectivity index (χ1) is 5.57. The summed E-state index contributed by atoms with van der Waals surface area (Å²) in [5.74, 6) is -0.736. The van der Waals surface area contributed by atoms with Gasteiger partial charge in [0.25, 0.3) is 0 Å². The summed E-state index contributed by atoms with van der Waals surface area (Å²) in [6.45, 7) is 7.22. The van der Waals surface area contributed by atoms with Gasteiger partial charge in [-0.1, -0.05) is 13.3 Å². The van der Waals surface area contributed by atoms with E-state index >= 15 is 0 Å². The second-order valence-electron chi connectivity index (χ2n) is 3.31. The number of carbonyl (C=O) groups is 1. The Morgan fingerprint density at radius 3 is 2.42 bits per heavy atom. The van der Waals surface area contributed by atoms with Crippen molar-refractivity contribution in [1.82, 2.24) is 4.90 Å². The molecule has 1 N–H and O–H groups in total. The highest BCUT2D eigenvalue weighted by Crippen LogP contribution is 2.00. The highest BCUT2D eigenvalue weighted by atomic mass is 16.4. The predicted octanol–water partition coefficient (Wildman–Crippen LogP) is 1.58. The molecule has 0 atom stereocenters. The van der Waals surface area contributed by atoms with E-state index in [-0.39, 0.29) is 6.54 Å². The maximum absolute atomic E-state index is 10.4. The number of nitrogens with zero attached hydrogens (tertiary/aromatic N) is 1. The van der Waals surface area contributed by atoms with Gasteiger partial charge in [-0.15, -0.1) is 0 Å². The standard InChI is InChI=1S/C9H19NO2/c1-4-5-6-10(8(2)3)7-9(11)12/h8H,4-7H2,1-3H3,(H,11,12). The van der Waals surface area contributed by atoms with Gasteiger partial charge in [0.2, 0.25) is 0 Å². The highest BCUT2D eigenvalue weighted by Gasteiger charge is 2.11. The quantitative estimate of drug-likeness (QED) is 0.663. The lowest BCUT2D eigenvalue weighted by Gasteiger charge is -2.23. The normalized spacial score (nSPS) is 11.1. The molecule has 0 rings (SSSR count). The van der Waals surface area contributed by atoms with Crippen LogP contribution in [0.1, 0.15) is 33.6 Å². The van der Waals surface area contributed by atoms with Gasteiger partial charge in [-0.2, -0.15) is 0 Å². The Morgan fingerprint density at radius 2 is 2.08 bits per heavy atom. The maximum atomic E-state index is 10.4. The summed E-state index contributed by atoms with van der Waals surface area (Å²) in [4.78, 5) is 12.4. The molecule has 0 aliphatic heterocycles. The average molecular weight is 173 g/mol. The van der Waals surface area contributed by atoms with Crippen LogP contribution in [0.2, 0.25) is 0 Å². The summed E-state index contributed by atoms with van der Waals surface area (Å²) >= 11 is 0. The van der Waals surface area contributed by atoms with Crippen LogP contribution in [0.25, 0.3) is 0 Å². The molecule has 0 saturated carbocycles. The van der Waals surface area contributed by atoms with Gasteiger partial charge in [0.15, 0.2) is 0 Å². The molecular formula is C9H19NO2. The van der Waals surface area contributed by atoms with Gasteiger partial charge < -0.3 is 5.11 Å². The minimum absolute atomic E-state index is 0.164. The Morgan fingerprint density at radius 1 is 1.50 bits per heavy atom. The van der Waals surface area contributed by atoms with Crippen LogP contribution in [0.4, 0.5) is 0 Å². The molecule has 0 aromatic rings. The Labute approximate surface area is 74.4 Å². The number of carboxylic acids is 1. The summed E-state index contributed by atoms with van der Waals surface area (Å²) in [6, 6.07) is 0.327. The second-order valence-corrected chi connectivity index (χ2v) is 3.31. The Hall–Kier alpha value is -0.570. The molecule has 0 heterocycles. The lowest BCUT2D eigenvalue weighted by molar-refractivity contribution is -0.138. The van der Waals surface area contributed by atoms with Crippen LogP contribution >= 0.6 is 0 Å². The van der Waals surface area contributed by atoms with Crippen molar-refractivity contribution >= 4 is 5.97 Å². The van der Waals surface area contributed by atoms with Gasteiger partial charge in [0.05, 0.1) is 6.54 Å². The van der Waals surface area contributed by atoms with Crippen LogP contribution in [-0.2, 0) is 4.79 Å². The van der Waals surface area contributed by atoms with Gasteiger partial charge in [-0.05, 0) is 26.8 Å². The number of aliphatic carboxylic acids is 1. The zero-order valence-corrected chi connectivity index (χ0v) is 8.21. The number of hydrogen-bond acceptors (Lipinski definition) is 2. The first kappa shape index (κ1) is 11.4. The Balaban J connectivity index is 3.78. The SMILES string of the molecule is CCCCN(CC(=O)O)C(C)C. The molecule has 0 aromatic heterocycles. The number of rotatable bonds is 6. The molecule has 12 heavy (non-hydrogen) atoms. The molecule has 3 nitrogen and oxygen atoms in total. The van der Waals surface area contributed by atoms with Gasteiger partial charge in [0.1, 0.15) is 0 Å². The zero-order chi connectivity index (χ0) is 9.56. The van der Waals surface area contributed by atoms with E-state index < -0.39 is 5.97 Å². The summed E-state index contributed by atoms with van der Waals surface area (Å²) in [5.41, 5.74) is 0. The van der Waals surface area contributed by atoms with E-state index in [0.717, 1.165) is 19.4 Å². The molecule has 0 saturated heterocycles. The van der Waals surface area contributed by atoms with E-state index in [4.69, 9.17) is 5.11 Å². The molecule has 0 radical (unpaired) electrons. The third-order valence-corrected chi connectivity index (χ3v) is 1.87. The van der Waals surface area contributed by atoms with Crippen molar-refractivity contribution in [3.8, 4) is 0 Å². The van der Waals surface area contributed by atoms with Crippen molar-refractivity contribution in [2.75, 3.05) is 13.1 Å². The molecule has 0 aliphatic carbocycles. The second kappa shape index (κ2) is 6.00. The van der Waals surface area contributed by atoms with Gasteiger partial charge >= 0.3 is 5.97 Å². The van der Waals surface area contributed by atoms with Crippen molar-refractivity contribution < 1.29 is 9.90 Å². The number of unbranched alkanes of at least 4 members (excludes halogenated alkanes) is 1. The molecule has 0 amide bonds. The van der Waals surface area contributed by atoms with E-state index in [1.807, 2.05) is 18.7 Å². The summed E-state index contributed by atoms with van der Waals surface area (Å²) in [6.07, 6.45) is 2.19. The monoisotopic (exact) mass is 173 g/mol. The lowest BCUT2D eigenvalue weighted by atomic mass is 10.2. The van der Waals surface area contributed by atoms with Crippen LogP contribution in [0, 0.1) is 0 Å². The van der Waals surface area contributed by atoms with Crippen molar-refractivity contribution in [2.45, 2.75) is 39.7 Å². The van der Waals surface area contributed by atoms with Gasteiger partial charge in [0, 0.05) is 6.04 Å². The minimum Gasteiger partial charge on any atom is -0.480 e. The van der Waals surface area contributed by atoms with Gasteiger partial charge in [-0.25, -0.2) is 0 Å². The molecule has 0 fully saturated rings. The molecule has 3 heteroatoms. The lowest BCUT2D eigenvalue weighted by Crippen LogP contribution is -2.36. The Bertz CT molecular complexity index is 134. The summed E-state index contributed by atoms with van der Waals surface area (Å²) in [5, 5.41) is 8.59. The third kappa shape index (κ3) is 5.13. The molecule has 72 valence electrons. The van der Waals surface area contributed by atoms with E-state index in [9.17, 15) is 4.79 Å². The molecule has 0 bridgehead atoms. The summed E-state index contributed by atoms with van der Waals surface area (Å²) < 4.78 is 0. The van der Waals surface area contributed by atoms with Crippen LogP contribution in [0.3, 0.4) is 0 Å². The molecule has 0 unspecified atom stereocenters. The summed E-state index contributed by atoms with van der Waals surface area (Å²) in [7, 11) is 0. The highest BCUT2D eigenvalue weighted by molar-refractivity contribution is 5.69. The van der Waals surface area contributed by atoms with E-state index in [1.165, 1.54) is 0 Å². The zero-order valence-electron chi connectivity index (χ0n) is 8.21.